The number of nitrogens with zero attached hydrogens (tertiary/aromatic N) is 2. The average molecular weight is 233 g/mol. The SMILES string of the molecule is Cc1c(-c2ccc(F)cc2)nc(CCN)n1C. The Morgan fingerprint density at radius 1 is 1.29 bits per heavy atom. The van der Waals surface area contributed by atoms with Gasteiger partial charge in [-0.1, -0.05) is 0 Å². The van der Waals surface area contributed by atoms with Gasteiger partial charge in [0.25, 0.3) is 0 Å². The minimum Gasteiger partial charge on any atom is -0.335 e. The molecule has 0 saturated heterocycles. The summed E-state index contributed by atoms with van der Waals surface area (Å²) in [5.41, 5.74) is 8.45. The lowest BCUT2D eigenvalue weighted by atomic mass is 10.1. The first-order valence-electron chi connectivity index (χ1n) is 5.61. The molecule has 2 rings (SSSR count). The third-order valence-electron chi connectivity index (χ3n) is 2.96. The molecule has 0 bridgehead atoms. The largest absolute Gasteiger partial charge is 0.335 e. The van der Waals surface area contributed by atoms with Crippen LogP contribution in [0.25, 0.3) is 11.3 Å². The van der Waals surface area contributed by atoms with Gasteiger partial charge in [-0.2, -0.15) is 0 Å². The van der Waals surface area contributed by atoms with E-state index in [1.807, 2.05) is 18.5 Å². The first-order valence-corrected chi connectivity index (χ1v) is 5.61. The number of hydrogen-bond acceptors (Lipinski definition) is 2. The van der Waals surface area contributed by atoms with Crippen molar-refractivity contribution in [1.82, 2.24) is 9.55 Å². The second-order valence-electron chi connectivity index (χ2n) is 4.07. The minimum atomic E-state index is -0.232. The van der Waals surface area contributed by atoms with Gasteiger partial charge in [-0.15, -0.1) is 0 Å². The van der Waals surface area contributed by atoms with Crippen LogP contribution in [-0.2, 0) is 13.5 Å². The summed E-state index contributed by atoms with van der Waals surface area (Å²) in [5, 5.41) is 0. The highest BCUT2D eigenvalue weighted by Crippen LogP contribution is 2.23. The van der Waals surface area contributed by atoms with Crippen molar-refractivity contribution in [3.63, 3.8) is 0 Å². The van der Waals surface area contributed by atoms with E-state index in [0.29, 0.717) is 6.54 Å². The van der Waals surface area contributed by atoms with Crippen molar-refractivity contribution in [2.75, 3.05) is 6.54 Å². The lowest BCUT2D eigenvalue weighted by molar-refractivity contribution is 0.628. The van der Waals surface area contributed by atoms with Crippen LogP contribution in [0.15, 0.2) is 24.3 Å². The number of halogens is 1. The van der Waals surface area contributed by atoms with Crippen molar-refractivity contribution in [2.45, 2.75) is 13.3 Å². The van der Waals surface area contributed by atoms with E-state index in [9.17, 15) is 4.39 Å². The Balaban J connectivity index is 2.45. The fourth-order valence-electron chi connectivity index (χ4n) is 1.87. The first kappa shape index (κ1) is 11.8. The van der Waals surface area contributed by atoms with Crippen molar-refractivity contribution in [2.24, 2.45) is 12.8 Å². The molecular weight excluding hydrogens is 217 g/mol. The Bertz CT molecular complexity index is 514. The smallest absolute Gasteiger partial charge is 0.123 e. The summed E-state index contributed by atoms with van der Waals surface area (Å²) in [7, 11) is 1.97. The first-order chi connectivity index (χ1) is 8.13. The molecule has 17 heavy (non-hydrogen) atoms. The molecule has 0 aliphatic carbocycles. The summed E-state index contributed by atoms with van der Waals surface area (Å²) in [6.45, 7) is 2.58. The standard InChI is InChI=1S/C13H16FN3/c1-9-13(10-3-5-11(14)6-4-10)16-12(7-8-15)17(9)2/h3-6H,7-8,15H2,1-2H3. The fraction of sp³-hybridized carbons (Fsp3) is 0.308. The summed E-state index contributed by atoms with van der Waals surface area (Å²) < 4.78 is 14.9. The molecule has 0 radical (unpaired) electrons. The van der Waals surface area contributed by atoms with E-state index in [0.717, 1.165) is 29.2 Å². The van der Waals surface area contributed by atoms with Crippen LogP contribution in [0.3, 0.4) is 0 Å². The lowest BCUT2D eigenvalue weighted by Crippen LogP contribution is -2.08. The summed E-state index contributed by atoms with van der Waals surface area (Å²) in [6.07, 6.45) is 0.749. The van der Waals surface area contributed by atoms with Crippen LogP contribution in [0.2, 0.25) is 0 Å². The predicted molar refractivity (Wildman–Crippen MR) is 66.1 cm³/mol. The van der Waals surface area contributed by atoms with Gasteiger partial charge in [0.2, 0.25) is 0 Å². The van der Waals surface area contributed by atoms with Crippen LogP contribution in [0.4, 0.5) is 4.39 Å². The van der Waals surface area contributed by atoms with E-state index in [1.165, 1.54) is 12.1 Å². The minimum absolute atomic E-state index is 0.232. The van der Waals surface area contributed by atoms with E-state index in [-0.39, 0.29) is 5.82 Å². The molecule has 90 valence electrons. The topological polar surface area (TPSA) is 43.8 Å². The van der Waals surface area contributed by atoms with Crippen LogP contribution >= 0.6 is 0 Å². The van der Waals surface area contributed by atoms with Gasteiger partial charge in [-0.25, -0.2) is 9.37 Å². The van der Waals surface area contributed by atoms with Gasteiger partial charge in [0.15, 0.2) is 0 Å². The van der Waals surface area contributed by atoms with Crippen molar-refractivity contribution in [1.29, 1.82) is 0 Å². The zero-order valence-corrected chi connectivity index (χ0v) is 10.1. The maximum absolute atomic E-state index is 12.9. The van der Waals surface area contributed by atoms with Gasteiger partial charge < -0.3 is 10.3 Å². The highest BCUT2D eigenvalue weighted by Gasteiger charge is 2.12. The third kappa shape index (κ3) is 2.22. The lowest BCUT2D eigenvalue weighted by Gasteiger charge is -2.01. The molecule has 0 aliphatic rings. The Kier molecular flexibility index (Phi) is 3.24. The molecule has 2 aromatic rings. The monoisotopic (exact) mass is 233 g/mol. The van der Waals surface area contributed by atoms with Crippen molar-refractivity contribution in [3.05, 3.63) is 41.6 Å². The second-order valence-corrected chi connectivity index (χ2v) is 4.07. The second kappa shape index (κ2) is 4.67. The van der Waals surface area contributed by atoms with E-state index in [4.69, 9.17) is 5.73 Å². The molecule has 0 atom stereocenters. The van der Waals surface area contributed by atoms with Gasteiger partial charge >= 0.3 is 0 Å². The molecule has 1 aromatic heterocycles. The molecule has 1 aromatic carbocycles. The maximum atomic E-state index is 12.9. The number of imidazole rings is 1. The quantitative estimate of drug-likeness (QED) is 0.881. The summed E-state index contributed by atoms with van der Waals surface area (Å²) in [5.74, 6) is 0.730. The average Bonchev–Trinajstić information content (AvgIpc) is 2.59. The van der Waals surface area contributed by atoms with Gasteiger partial charge in [-0.05, 0) is 37.7 Å². The number of nitrogens with two attached hydrogens (primary N) is 1. The molecule has 0 spiro atoms. The van der Waals surface area contributed by atoms with Gasteiger partial charge in [0.05, 0.1) is 5.69 Å². The van der Waals surface area contributed by atoms with E-state index < -0.39 is 0 Å². The van der Waals surface area contributed by atoms with Crippen molar-refractivity contribution < 1.29 is 4.39 Å². The summed E-state index contributed by atoms with van der Waals surface area (Å²) in [4.78, 5) is 4.56. The van der Waals surface area contributed by atoms with Gasteiger partial charge in [0, 0.05) is 24.7 Å². The number of rotatable bonds is 3. The molecule has 3 nitrogen and oxygen atoms in total. The molecule has 0 aliphatic heterocycles. The molecule has 0 unspecified atom stereocenters. The summed E-state index contributed by atoms with van der Waals surface area (Å²) in [6, 6.07) is 6.39. The fourth-order valence-corrected chi connectivity index (χ4v) is 1.87. The van der Waals surface area contributed by atoms with Crippen LogP contribution in [0.5, 0.6) is 0 Å². The highest BCUT2D eigenvalue weighted by atomic mass is 19.1. The molecular formula is C13H16FN3. The summed E-state index contributed by atoms with van der Waals surface area (Å²) >= 11 is 0. The number of benzene rings is 1. The Morgan fingerprint density at radius 2 is 1.94 bits per heavy atom. The molecule has 0 amide bonds. The van der Waals surface area contributed by atoms with Crippen LogP contribution in [0.1, 0.15) is 11.5 Å². The Labute approximate surface area is 100 Å². The van der Waals surface area contributed by atoms with Crippen molar-refractivity contribution >= 4 is 0 Å². The van der Waals surface area contributed by atoms with Crippen LogP contribution in [0, 0.1) is 12.7 Å². The maximum Gasteiger partial charge on any atom is 0.123 e. The molecule has 1 heterocycles. The highest BCUT2D eigenvalue weighted by molar-refractivity contribution is 5.62. The normalized spacial score (nSPS) is 10.8. The van der Waals surface area contributed by atoms with Crippen LogP contribution in [-0.4, -0.2) is 16.1 Å². The molecule has 4 heteroatoms. The Morgan fingerprint density at radius 3 is 2.53 bits per heavy atom. The van der Waals surface area contributed by atoms with Crippen LogP contribution < -0.4 is 5.73 Å². The van der Waals surface area contributed by atoms with Gasteiger partial charge in [0.1, 0.15) is 11.6 Å². The number of aromatic nitrogens is 2. The van der Waals surface area contributed by atoms with E-state index in [2.05, 4.69) is 4.98 Å². The number of hydrogen-bond donors (Lipinski definition) is 1. The van der Waals surface area contributed by atoms with Gasteiger partial charge in [-0.3, -0.25) is 0 Å². The molecule has 0 fully saturated rings. The zero-order chi connectivity index (χ0) is 12.4. The Hall–Kier alpha value is -1.68. The van der Waals surface area contributed by atoms with E-state index in [1.54, 1.807) is 12.1 Å². The van der Waals surface area contributed by atoms with E-state index >= 15 is 0 Å². The zero-order valence-electron chi connectivity index (χ0n) is 10.1. The van der Waals surface area contributed by atoms with Crippen molar-refractivity contribution in [3.8, 4) is 11.3 Å². The predicted octanol–water partition coefficient (Wildman–Crippen LogP) is 2.04. The molecule has 0 saturated carbocycles. The third-order valence-corrected chi connectivity index (χ3v) is 2.96. The molecule has 2 N–H and O–H groups in total.